The van der Waals surface area contributed by atoms with Crippen LogP contribution >= 0.6 is 15.9 Å². The minimum Gasteiger partial charge on any atom is -0.475 e. The average Bonchev–Trinajstić information content (AvgIpc) is 2.56. The van der Waals surface area contributed by atoms with Gasteiger partial charge in [-0.15, -0.1) is 0 Å². The summed E-state index contributed by atoms with van der Waals surface area (Å²) in [6.07, 6.45) is -6.40. The molecule has 0 spiro atoms. The molecule has 1 heterocycles. The second-order valence-corrected chi connectivity index (χ2v) is 6.10. The summed E-state index contributed by atoms with van der Waals surface area (Å²) in [6, 6.07) is 6.70. The van der Waals surface area contributed by atoms with Gasteiger partial charge in [0.1, 0.15) is 24.4 Å². The van der Waals surface area contributed by atoms with E-state index in [1.807, 2.05) is 0 Å². The van der Waals surface area contributed by atoms with Gasteiger partial charge in [0.2, 0.25) is 12.0 Å². The Bertz CT molecular complexity index is 600. The monoisotopic (exact) mass is 404 g/mol. The number of halogens is 1. The Labute approximate surface area is 145 Å². The molecular formula is C15H17BrO8. The van der Waals surface area contributed by atoms with Crippen molar-refractivity contribution in [1.82, 2.24) is 0 Å². The molecule has 0 unspecified atom stereocenters. The zero-order valence-corrected chi connectivity index (χ0v) is 13.9. The molecule has 1 aliphatic rings. The molecule has 9 heteroatoms. The number of hydrogen-bond acceptors (Lipinski definition) is 7. The van der Waals surface area contributed by atoms with Crippen molar-refractivity contribution in [2.75, 3.05) is 6.61 Å². The number of ether oxygens (including phenoxy) is 2. The van der Waals surface area contributed by atoms with Crippen molar-refractivity contribution in [1.29, 1.82) is 0 Å². The highest BCUT2D eigenvalue weighted by Gasteiger charge is 2.45. The minimum absolute atomic E-state index is 0.526. The highest BCUT2D eigenvalue weighted by Crippen LogP contribution is 2.24. The Morgan fingerprint density at radius 2 is 1.79 bits per heavy atom. The molecule has 132 valence electrons. The van der Waals surface area contributed by atoms with Crippen LogP contribution in [0.5, 0.6) is 0 Å². The molecule has 8 nitrogen and oxygen atoms in total. The van der Waals surface area contributed by atoms with E-state index in [1.54, 1.807) is 24.3 Å². The Hall–Kier alpha value is -1.49. The van der Waals surface area contributed by atoms with Crippen LogP contribution in [-0.2, 0) is 14.3 Å². The summed E-state index contributed by atoms with van der Waals surface area (Å²) >= 11 is 3.26. The second-order valence-electron chi connectivity index (χ2n) is 5.18. The van der Waals surface area contributed by atoms with E-state index < -0.39 is 49.0 Å². The molecule has 0 radical (unpaired) electrons. The Morgan fingerprint density at radius 1 is 1.17 bits per heavy atom. The zero-order valence-electron chi connectivity index (χ0n) is 12.3. The van der Waals surface area contributed by atoms with Gasteiger partial charge in [-0.25, -0.2) is 4.79 Å². The third-order valence-electron chi connectivity index (χ3n) is 3.47. The van der Waals surface area contributed by atoms with Gasteiger partial charge in [-0.1, -0.05) is 28.1 Å². The number of aliphatic carboxylic acids is 1. The van der Waals surface area contributed by atoms with Crippen LogP contribution in [-0.4, -0.2) is 68.8 Å². The lowest BCUT2D eigenvalue weighted by atomic mass is 9.99. The number of aliphatic hydroxyl groups is 4. The maximum absolute atomic E-state index is 11.3. The van der Waals surface area contributed by atoms with Gasteiger partial charge in [0.15, 0.2) is 0 Å². The summed E-state index contributed by atoms with van der Waals surface area (Å²) in [4.78, 5) is 11.3. The van der Waals surface area contributed by atoms with E-state index in [4.69, 9.17) is 14.6 Å². The molecule has 1 fully saturated rings. The highest BCUT2D eigenvalue weighted by atomic mass is 79.9. The first-order valence-electron chi connectivity index (χ1n) is 7.01. The summed E-state index contributed by atoms with van der Waals surface area (Å²) in [5.74, 6) is -1.93. The molecule has 1 aromatic carbocycles. The molecule has 0 saturated carbocycles. The van der Waals surface area contributed by atoms with Crippen molar-refractivity contribution in [2.45, 2.75) is 30.7 Å². The lowest BCUT2D eigenvalue weighted by molar-refractivity contribution is -0.291. The fraction of sp³-hybridized carbons (Fsp3) is 0.400. The number of aliphatic hydroxyl groups excluding tert-OH is 4. The number of carboxylic acids is 1. The topological polar surface area (TPSA) is 137 Å². The second kappa shape index (κ2) is 8.06. The van der Waals surface area contributed by atoms with Crippen LogP contribution in [0.15, 0.2) is 34.5 Å². The van der Waals surface area contributed by atoms with E-state index in [-0.39, 0.29) is 0 Å². The van der Waals surface area contributed by atoms with Gasteiger partial charge in [-0.3, -0.25) is 0 Å². The molecule has 2 rings (SSSR count). The van der Waals surface area contributed by atoms with E-state index in [0.29, 0.717) is 5.56 Å². The fourth-order valence-corrected chi connectivity index (χ4v) is 2.41. The minimum atomic E-state index is -1.68. The third-order valence-corrected chi connectivity index (χ3v) is 4.00. The van der Waals surface area contributed by atoms with Crippen molar-refractivity contribution in [3.8, 4) is 0 Å². The largest absolute Gasteiger partial charge is 0.475 e. The molecule has 0 amide bonds. The third kappa shape index (κ3) is 4.32. The SMILES string of the molecule is O=C(O)C(=Cc1ccc(Br)cc1)O[C@H]1O[C@@H](CO)[C@@H](O)[C@@H](O)[C@@H]1O. The summed E-state index contributed by atoms with van der Waals surface area (Å²) in [7, 11) is 0. The van der Waals surface area contributed by atoms with Crippen molar-refractivity contribution in [2.24, 2.45) is 0 Å². The van der Waals surface area contributed by atoms with Gasteiger partial charge in [0.05, 0.1) is 6.61 Å². The van der Waals surface area contributed by atoms with Crippen molar-refractivity contribution < 1.29 is 39.8 Å². The maximum Gasteiger partial charge on any atom is 0.371 e. The number of carbonyl (C=O) groups is 1. The predicted molar refractivity (Wildman–Crippen MR) is 84.6 cm³/mol. The quantitative estimate of drug-likeness (QED) is 0.333. The highest BCUT2D eigenvalue weighted by molar-refractivity contribution is 9.10. The van der Waals surface area contributed by atoms with Gasteiger partial charge in [0, 0.05) is 4.47 Å². The first-order chi connectivity index (χ1) is 11.3. The van der Waals surface area contributed by atoms with E-state index in [2.05, 4.69) is 15.9 Å². The summed E-state index contributed by atoms with van der Waals surface area (Å²) < 4.78 is 11.1. The van der Waals surface area contributed by atoms with Crippen LogP contribution in [0.25, 0.3) is 6.08 Å². The Morgan fingerprint density at radius 3 is 2.33 bits per heavy atom. The fourth-order valence-electron chi connectivity index (χ4n) is 2.15. The Balaban J connectivity index is 2.20. The smallest absolute Gasteiger partial charge is 0.371 e. The van der Waals surface area contributed by atoms with Crippen LogP contribution in [0.1, 0.15) is 5.56 Å². The molecular weight excluding hydrogens is 388 g/mol. The van der Waals surface area contributed by atoms with Crippen LogP contribution < -0.4 is 0 Å². The summed E-state index contributed by atoms with van der Waals surface area (Å²) in [5.41, 5.74) is 0.528. The van der Waals surface area contributed by atoms with Crippen LogP contribution in [0, 0.1) is 0 Å². The molecule has 1 aromatic rings. The standard InChI is InChI=1S/C15H17BrO8/c16-8-3-1-7(2-4-8)5-9(14(21)22)23-15-13(20)12(19)11(18)10(6-17)24-15/h1-5,10-13,15,17-20H,6H2,(H,21,22)/t10-,11+,12+,13-,15-/m0/s1. The molecule has 24 heavy (non-hydrogen) atoms. The zero-order chi connectivity index (χ0) is 17.9. The molecule has 0 aliphatic carbocycles. The van der Waals surface area contributed by atoms with Gasteiger partial charge in [-0.2, -0.15) is 0 Å². The molecule has 1 saturated heterocycles. The van der Waals surface area contributed by atoms with Crippen molar-refractivity contribution >= 4 is 28.0 Å². The van der Waals surface area contributed by atoms with Crippen LogP contribution in [0.3, 0.4) is 0 Å². The van der Waals surface area contributed by atoms with E-state index in [1.165, 1.54) is 6.08 Å². The van der Waals surface area contributed by atoms with Crippen molar-refractivity contribution in [3.05, 3.63) is 40.1 Å². The first-order valence-corrected chi connectivity index (χ1v) is 7.80. The van der Waals surface area contributed by atoms with Crippen LogP contribution in [0.4, 0.5) is 0 Å². The van der Waals surface area contributed by atoms with Gasteiger partial charge in [0.25, 0.3) is 0 Å². The Kier molecular flexibility index (Phi) is 6.33. The van der Waals surface area contributed by atoms with Crippen LogP contribution in [0.2, 0.25) is 0 Å². The summed E-state index contributed by atoms with van der Waals surface area (Å²) in [5, 5.41) is 47.6. The average molecular weight is 405 g/mol. The number of hydrogen-bond donors (Lipinski definition) is 5. The number of rotatable bonds is 5. The van der Waals surface area contributed by atoms with E-state index in [0.717, 1.165) is 4.47 Å². The molecule has 1 aliphatic heterocycles. The maximum atomic E-state index is 11.3. The molecule has 5 N–H and O–H groups in total. The van der Waals surface area contributed by atoms with Gasteiger partial charge >= 0.3 is 5.97 Å². The van der Waals surface area contributed by atoms with Gasteiger partial charge in [-0.05, 0) is 23.8 Å². The van der Waals surface area contributed by atoms with E-state index in [9.17, 15) is 25.2 Å². The molecule has 0 bridgehead atoms. The predicted octanol–water partition coefficient (Wildman–Crippen LogP) is -0.309. The lowest BCUT2D eigenvalue weighted by Crippen LogP contribution is -2.59. The first kappa shape index (κ1) is 18.8. The normalized spacial score (nSPS) is 30.9. The number of benzene rings is 1. The van der Waals surface area contributed by atoms with Gasteiger partial charge < -0.3 is 35.0 Å². The molecule has 0 aromatic heterocycles. The molecule has 5 atom stereocenters. The summed E-state index contributed by atoms with van der Waals surface area (Å²) in [6.45, 7) is -0.635. The van der Waals surface area contributed by atoms with E-state index >= 15 is 0 Å². The lowest BCUT2D eigenvalue weighted by Gasteiger charge is -2.39. The van der Waals surface area contributed by atoms with Crippen molar-refractivity contribution in [3.63, 3.8) is 0 Å². The number of carboxylic acid groups (broad SMARTS) is 1.